The van der Waals surface area contributed by atoms with Gasteiger partial charge in [-0.05, 0) is 62.4 Å². The number of benzene rings is 3. The van der Waals surface area contributed by atoms with Gasteiger partial charge in [-0.25, -0.2) is 8.42 Å². The SMILES string of the molecule is CC[C@H](C(=O)NC1CCCC1)N(CCc1ccccc1)C(=O)CN(c1ccccc1OC)S(=O)(=O)c1ccc(C)cc1. The Hall–Kier alpha value is -3.85. The summed E-state index contributed by atoms with van der Waals surface area (Å²) in [5.41, 5.74) is 2.19. The number of hydrogen-bond acceptors (Lipinski definition) is 5. The van der Waals surface area contributed by atoms with Gasteiger partial charge in [0.1, 0.15) is 18.3 Å². The van der Waals surface area contributed by atoms with Crippen molar-refractivity contribution in [2.24, 2.45) is 0 Å². The number of para-hydroxylation sites is 2. The van der Waals surface area contributed by atoms with Crippen LogP contribution in [0, 0.1) is 6.92 Å². The Balaban J connectivity index is 1.70. The van der Waals surface area contributed by atoms with Gasteiger partial charge in [-0.15, -0.1) is 0 Å². The molecular weight excluding hydrogens is 550 g/mol. The molecule has 42 heavy (non-hydrogen) atoms. The van der Waals surface area contributed by atoms with E-state index in [2.05, 4.69) is 5.32 Å². The normalized spacial score (nSPS) is 14.3. The summed E-state index contributed by atoms with van der Waals surface area (Å²) in [6, 6.07) is 22.4. The van der Waals surface area contributed by atoms with E-state index in [0.29, 0.717) is 18.6 Å². The second kappa shape index (κ2) is 14.4. The van der Waals surface area contributed by atoms with Crippen LogP contribution >= 0.6 is 0 Å². The maximum atomic E-state index is 14.2. The number of sulfonamides is 1. The Kier molecular flexibility index (Phi) is 10.6. The smallest absolute Gasteiger partial charge is 0.264 e. The van der Waals surface area contributed by atoms with Crippen LogP contribution in [0.3, 0.4) is 0 Å². The Bertz CT molecular complexity index is 1440. The van der Waals surface area contributed by atoms with Crippen LogP contribution < -0.4 is 14.4 Å². The highest BCUT2D eigenvalue weighted by atomic mass is 32.2. The number of carbonyl (C=O) groups excluding carboxylic acids is 2. The van der Waals surface area contributed by atoms with Crippen molar-refractivity contribution in [1.29, 1.82) is 0 Å². The minimum Gasteiger partial charge on any atom is -0.495 e. The Morgan fingerprint density at radius 1 is 0.952 bits per heavy atom. The predicted octanol–water partition coefficient (Wildman–Crippen LogP) is 5.11. The summed E-state index contributed by atoms with van der Waals surface area (Å²) in [6.45, 7) is 3.54. The topological polar surface area (TPSA) is 96.0 Å². The molecule has 224 valence electrons. The van der Waals surface area contributed by atoms with Crippen LogP contribution in [-0.2, 0) is 26.0 Å². The molecule has 0 aromatic heterocycles. The average Bonchev–Trinajstić information content (AvgIpc) is 3.51. The van der Waals surface area contributed by atoms with Crippen LogP contribution in [0.2, 0.25) is 0 Å². The number of hydrogen-bond donors (Lipinski definition) is 1. The standard InChI is InChI=1S/C33H41N3O5S/c1-4-29(33(38)34-27-14-8-9-15-27)35(23-22-26-12-6-5-7-13-26)32(37)24-36(30-16-10-11-17-31(30)41-3)42(39,40)28-20-18-25(2)19-21-28/h5-7,10-13,16-21,27,29H,4,8-9,14-15,22-24H2,1-3H3,(H,34,38)/t29-/m1/s1. The fourth-order valence-corrected chi connectivity index (χ4v) is 6.87. The fraction of sp³-hybridized carbons (Fsp3) is 0.394. The second-order valence-electron chi connectivity index (χ2n) is 10.7. The summed E-state index contributed by atoms with van der Waals surface area (Å²) in [6.07, 6.45) is 4.93. The number of ether oxygens (including phenoxy) is 1. The molecular formula is C33H41N3O5S. The first-order valence-electron chi connectivity index (χ1n) is 14.6. The van der Waals surface area contributed by atoms with Gasteiger partial charge < -0.3 is 15.0 Å². The largest absolute Gasteiger partial charge is 0.495 e. The van der Waals surface area contributed by atoms with E-state index in [1.807, 2.05) is 44.2 Å². The summed E-state index contributed by atoms with van der Waals surface area (Å²) in [7, 11) is -2.70. The van der Waals surface area contributed by atoms with Crippen molar-refractivity contribution >= 4 is 27.5 Å². The molecule has 1 N–H and O–H groups in total. The van der Waals surface area contributed by atoms with Crippen LogP contribution in [-0.4, -0.2) is 57.4 Å². The van der Waals surface area contributed by atoms with Crippen LogP contribution in [0.1, 0.15) is 50.2 Å². The van der Waals surface area contributed by atoms with E-state index >= 15 is 0 Å². The number of carbonyl (C=O) groups is 2. The molecule has 1 saturated carbocycles. The van der Waals surface area contributed by atoms with Gasteiger partial charge in [-0.2, -0.15) is 0 Å². The molecule has 0 unspecified atom stereocenters. The van der Waals surface area contributed by atoms with Gasteiger partial charge in [0.25, 0.3) is 10.0 Å². The van der Waals surface area contributed by atoms with Crippen molar-refractivity contribution in [3.63, 3.8) is 0 Å². The van der Waals surface area contributed by atoms with Gasteiger partial charge in [-0.3, -0.25) is 13.9 Å². The van der Waals surface area contributed by atoms with E-state index in [4.69, 9.17) is 4.74 Å². The number of nitrogens with one attached hydrogen (secondary N) is 1. The predicted molar refractivity (Wildman–Crippen MR) is 165 cm³/mol. The van der Waals surface area contributed by atoms with Gasteiger partial charge in [0.2, 0.25) is 11.8 Å². The molecule has 1 aliphatic rings. The van der Waals surface area contributed by atoms with Crippen LogP contribution in [0.25, 0.3) is 0 Å². The highest BCUT2D eigenvalue weighted by Gasteiger charge is 2.35. The number of rotatable bonds is 13. The zero-order valence-electron chi connectivity index (χ0n) is 24.7. The summed E-state index contributed by atoms with van der Waals surface area (Å²) in [4.78, 5) is 29.4. The molecule has 0 aliphatic heterocycles. The summed E-state index contributed by atoms with van der Waals surface area (Å²) >= 11 is 0. The second-order valence-corrected chi connectivity index (χ2v) is 12.6. The Morgan fingerprint density at radius 2 is 1.60 bits per heavy atom. The maximum Gasteiger partial charge on any atom is 0.264 e. The van der Waals surface area contributed by atoms with Crippen LogP contribution in [0.5, 0.6) is 5.75 Å². The van der Waals surface area contributed by atoms with Crippen LogP contribution in [0.4, 0.5) is 5.69 Å². The summed E-state index contributed by atoms with van der Waals surface area (Å²) < 4.78 is 34.8. The molecule has 3 aromatic carbocycles. The molecule has 9 heteroatoms. The average molecular weight is 592 g/mol. The first kappa shape index (κ1) is 31.1. The number of aryl methyl sites for hydroxylation is 1. The van der Waals surface area contributed by atoms with Crippen molar-refractivity contribution in [2.45, 2.75) is 69.4 Å². The minimum absolute atomic E-state index is 0.0636. The van der Waals surface area contributed by atoms with Gasteiger partial charge in [0.15, 0.2) is 0 Å². The molecule has 0 radical (unpaired) electrons. The third-order valence-electron chi connectivity index (χ3n) is 7.81. The van der Waals surface area contributed by atoms with Crippen molar-refractivity contribution in [3.8, 4) is 5.75 Å². The molecule has 4 rings (SSSR count). The summed E-state index contributed by atoms with van der Waals surface area (Å²) in [5, 5.41) is 3.14. The first-order valence-corrected chi connectivity index (χ1v) is 16.0. The minimum atomic E-state index is -4.17. The van der Waals surface area contributed by atoms with E-state index in [1.165, 1.54) is 19.2 Å². The molecule has 1 fully saturated rings. The molecule has 2 amide bonds. The molecule has 3 aromatic rings. The number of anilines is 1. The van der Waals surface area contributed by atoms with Gasteiger partial charge in [0, 0.05) is 12.6 Å². The van der Waals surface area contributed by atoms with E-state index in [0.717, 1.165) is 41.1 Å². The molecule has 0 heterocycles. The molecule has 1 aliphatic carbocycles. The van der Waals surface area contributed by atoms with Gasteiger partial charge >= 0.3 is 0 Å². The Labute approximate surface area is 249 Å². The zero-order valence-corrected chi connectivity index (χ0v) is 25.5. The lowest BCUT2D eigenvalue weighted by molar-refractivity contribution is -0.139. The van der Waals surface area contributed by atoms with Crippen molar-refractivity contribution in [2.75, 3.05) is 24.5 Å². The van der Waals surface area contributed by atoms with E-state index in [9.17, 15) is 18.0 Å². The molecule has 0 saturated heterocycles. The van der Waals surface area contributed by atoms with E-state index in [1.54, 1.807) is 41.3 Å². The Morgan fingerprint density at radius 3 is 2.24 bits per heavy atom. The molecule has 0 spiro atoms. The maximum absolute atomic E-state index is 14.2. The first-order chi connectivity index (χ1) is 20.2. The monoisotopic (exact) mass is 591 g/mol. The molecule has 1 atom stereocenters. The lowest BCUT2D eigenvalue weighted by Crippen LogP contribution is -2.54. The third-order valence-corrected chi connectivity index (χ3v) is 9.59. The highest BCUT2D eigenvalue weighted by molar-refractivity contribution is 7.92. The van der Waals surface area contributed by atoms with E-state index in [-0.39, 0.29) is 29.1 Å². The van der Waals surface area contributed by atoms with Crippen molar-refractivity contribution in [3.05, 3.63) is 90.0 Å². The van der Waals surface area contributed by atoms with Crippen LogP contribution in [0.15, 0.2) is 83.8 Å². The number of nitrogens with zero attached hydrogens (tertiary/aromatic N) is 2. The molecule has 0 bridgehead atoms. The van der Waals surface area contributed by atoms with Crippen molar-refractivity contribution in [1.82, 2.24) is 10.2 Å². The fourth-order valence-electron chi connectivity index (χ4n) is 5.45. The van der Waals surface area contributed by atoms with Gasteiger partial charge in [-0.1, -0.05) is 79.9 Å². The highest BCUT2D eigenvalue weighted by Crippen LogP contribution is 2.32. The number of methoxy groups -OCH3 is 1. The number of amides is 2. The third kappa shape index (κ3) is 7.50. The molecule has 8 nitrogen and oxygen atoms in total. The van der Waals surface area contributed by atoms with Gasteiger partial charge in [0.05, 0.1) is 17.7 Å². The van der Waals surface area contributed by atoms with Crippen molar-refractivity contribution < 1.29 is 22.7 Å². The zero-order chi connectivity index (χ0) is 30.1. The van der Waals surface area contributed by atoms with E-state index < -0.39 is 28.5 Å². The summed E-state index contributed by atoms with van der Waals surface area (Å²) in [5.74, 6) is -0.333. The quantitative estimate of drug-likeness (QED) is 0.298. The lowest BCUT2D eigenvalue weighted by atomic mass is 10.1. The lowest BCUT2D eigenvalue weighted by Gasteiger charge is -2.34.